The largest absolute Gasteiger partial charge is 0.326 e. The molecular weight excluding hydrogens is 398 g/mol. The number of hydrogen-bond acceptors (Lipinski definition) is 5. The van der Waals surface area contributed by atoms with E-state index in [-0.39, 0.29) is 24.0 Å². The van der Waals surface area contributed by atoms with Crippen molar-refractivity contribution in [1.82, 2.24) is 14.8 Å². The molecule has 0 atom stereocenters. The summed E-state index contributed by atoms with van der Waals surface area (Å²) in [5, 5.41) is 14.8. The number of para-hydroxylation sites is 1. The van der Waals surface area contributed by atoms with Crippen molar-refractivity contribution in [2.75, 3.05) is 16.4 Å². The van der Waals surface area contributed by atoms with E-state index in [0.29, 0.717) is 21.7 Å². The molecule has 1 aromatic heterocycles. The number of amides is 2. The average molecular weight is 416 g/mol. The number of hydrogen-bond donors (Lipinski definition) is 2. The third kappa shape index (κ3) is 5.58. The smallest absolute Gasteiger partial charge is 0.234 e. The van der Waals surface area contributed by atoms with E-state index >= 15 is 0 Å². The lowest BCUT2D eigenvalue weighted by molar-refractivity contribution is -0.116. The van der Waals surface area contributed by atoms with Crippen LogP contribution in [0.4, 0.5) is 11.4 Å². The Morgan fingerprint density at radius 1 is 1.00 bits per heavy atom. The van der Waals surface area contributed by atoms with Crippen molar-refractivity contribution in [3.05, 3.63) is 65.4 Å². The molecule has 0 aliphatic rings. The zero-order valence-electron chi connectivity index (χ0n) is 15.1. The van der Waals surface area contributed by atoms with E-state index in [1.54, 1.807) is 35.9 Å². The zero-order chi connectivity index (χ0) is 19.9. The van der Waals surface area contributed by atoms with Gasteiger partial charge in [-0.05, 0) is 30.3 Å². The van der Waals surface area contributed by atoms with Gasteiger partial charge < -0.3 is 15.2 Å². The lowest BCUT2D eigenvalue weighted by atomic mass is 10.3. The van der Waals surface area contributed by atoms with E-state index in [4.69, 9.17) is 11.6 Å². The maximum Gasteiger partial charge on any atom is 0.234 e. The normalized spacial score (nSPS) is 10.5. The topological polar surface area (TPSA) is 88.9 Å². The van der Waals surface area contributed by atoms with E-state index in [1.807, 2.05) is 30.3 Å². The average Bonchev–Trinajstić information content (AvgIpc) is 3.00. The van der Waals surface area contributed by atoms with Crippen molar-refractivity contribution < 1.29 is 9.59 Å². The summed E-state index contributed by atoms with van der Waals surface area (Å²) < 4.78 is 1.71. The maximum absolute atomic E-state index is 12.2. The second-order valence-electron chi connectivity index (χ2n) is 5.90. The van der Waals surface area contributed by atoms with Crippen LogP contribution >= 0.6 is 23.4 Å². The molecule has 9 heteroatoms. The highest BCUT2D eigenvalue weighted by Gasteiger charge is 2.14. The Hall–Kier alpha value is -2.84. The third-order valence-electron chi connectivity index (χ3n) is 3.74. The Labute approximate surface area is 171 Å². The minimum Gasteiger partial charge on any atom is -0.326 e. The summed E-state index contributed by atoms with van der Waals surface area (Å²) in [7, 11) is 1.77. The van der Waals surface area contributed by atoms with Gasteiger partial charge in [0.2, 0.25) is 11.8 Å². The Morgan fingerprint density at radius 2 is 1.71 bits per heavy atom. The number of carbonyl (C=O) groups excluding carboxylic acids is 2. The molecule has 28 heavy (non-hydrogen) atoms. The van der Waals surface area contributed by atoms with E-state index < -0.39 is 0 Å². The van der Waals surface area contributed by atoms with Gasteiger partial charge >= 0.3 is 0 Å². The van der Waals surface area contributed by atoms with Gasteiger partial charge in [0.25, 0.3) is 0 Å². The lowest BCUT2D eigenvalue weighted by Gasteiger charge is -2.06. The summed E-state index contributed by atoms with van der Waals surface area (Å²) in [4.78, 5) is 24.3. The summed E-state index contributed by atoms with van der Waals surface area (Å²) in [5.74, 6) is 0.316. The van der Waals surface area contributed by atoms with Crippen molar-refractivity contribution in [2.45, 2.75) is 11.6 Å². The first-order chi connectivity index (χ1) is 13.5. The van der Waals surface area contributed by atoms with Crippen LogP contribution in [0.3, 0.4) is 0 Å². The van der Waals surface area contributed by atoms with Crippen LogP contribution < -0.4 is 10.6 Å². The molecule has 7 nitrogen and oxygen atoms in total. The summed E-state index contributed by atoms with van der Waals surface area (Å²) in [5.41, 5.74) is 1.36. The second-order valence-corrected chi connectivity index (χ2v) is 7.27. The Morgan fingerprint density at radius 3 is 2.46 bits per heavy atom. The van der Waals surface area contributed by atoms with Crippen LogP contribution in [0.25, 0.3) is 0 Å². The van der Waals surface area contributed by atoms with Gasteiger partial charge in [0.15, 0.2) is 5.16 Å². The quantitative estimate of drug-likeness (QED) is 0.577. The predicted molar refractivity (Wildman–Crippen MR) is 111 cm³/mol. The molecular formula is C19H18ClN5O2S. The first-order valence-corrected chi connectivity index (χ1v) is 9.79. The van der Waals surface area contributed by atoms with Crippen LogP contribution in [0.5, 0.6) is 0 Å². The van der Waals surface area contributed by atoms with Crippen LogP contribution in [0.15, 0.2) is 59.8 Å². The minimum atomic E-state index is -0.183. The van der Waals surface area contributed by atoms with E-state index in [2.05, 4.69) is 20.8 Å². The van der Waals surface area contributed by atoms with Crippen LogP contribution in [-0.2, 0) is 23.1 Å². The van der Waals surface area contributed by atoms with Gasteiger partial charge in [-0.3, -0.25) is 9.59 Å². The van der Waals surface area contributed by atoms with Crippen LogP contribution in [0, 0.1) is 0 Å². The van der Waals surface area contributed by atoms with Crippen molar-refractivity contribution in [3.63, 3.8) is 0 Å². The maximum atomic E-state index is 12.2. The summed E-state index contributed by atoms with van der Waals surface area (Å²) >= 11 is 7.15. The SMILES string of the molecule is Cn1c(CC(=O)Nc2ccccc2)nnc1SCC(=O)Nc1cccc(Cl)c1. The van der Waals surface area contributed by atoms with Crippen molar-refractivity contribution >= 4 is 46.6 Å². The van der Waals surface area contributed by atoms with Gasteiger partial charge in [-0.2, -0.15) is 0 Å². The first kappa shape index (κ1) is 19.9. The molecule has 0 saturated carbocycles. The molecule has 2 amide bonds. The fraction of sp³-hybridized carbons (Fsp3) is 0.158. The fourth-order valence-corrected chi connectivity index (χ4v) is 3.31. The standard InChI is InChI=1S/C19H18ClN5O2S/c1-25-16(11-17(26)21-14-7-3-2-4-8-14)23-24-19(25)28-12-18(27)22-15-9-5-6-13(20)10-15/h2-10H,11-12H2,1H3,(H,21,26)(H,22,27). The van der Waals surface area contributed by atoms with E-state index in [9.17, 15) is 9.59 Å². The number of anilines is 2. The van der Waals surface area contributed by atoms with Crippen LogP contribution in [0.2, 0.25) is 5.02 Å². The number of aromatic nitrogens is 3. The van der Waals surface area contributed by atoms with Gasteiger partial charge in [0.1, 0.15) is 5.82 Å². The second kappa shape index (κ2) is 9.38. The van der Waals surface area contributed by atoms with Gasteiger partial charge in [-0.1, -0.05) is 47.6 Å². The molecule has 0 radical (unpaired) electrons. The fourth-order valence-electron chi connectivity index (χ4n) is 2.39. The molecule has 0 saturated heterocycles. The Bertz CT molecular complexity index is 977. The van der Waals surface area contributed by atoms with Crippen molar-refractivity contribution in [3.8, 4) is 0 Å². The summed E-state index contributed by atoms with van der Waals surface area (Å²) in [6, 6.07) is 16.1. The summed E-state index contributed by atoms with van der Waals surface area (Å²) in [6.45, 7) is 0. The number of nitrogens with one attached hydrogen (secondary N) is 2. The summed E-state index contributed by atoms with van der Waals surface area (Å²) in [6.07, 6.45) is 0.0909. The molecule has 2 N–H and O–H groups in total. The Balaban J connectivity index is 1.52. The zero-order valence-corrected chi connectivity index (χ0v) is 16.6. The highest BCUT2D eigenvalue weighted by atomic mass is 35.5. The molecule has 0 aliphatic carbocycles. The molecule has 1 heterocycles. The first-order valence-electron chi connectivity index (χ1n) is 8.42. The number of nitrogens with zero attached hydrogens (tertiary/aromatic N) is 3. The molecule has 2 aromatic carbocycles. The van der Waals surface area contributed by atoms with Gasteiger partial charge in [-0.25, -0.2) is 0 Å². The molecule has 0 aliphatic heterocycles. The molecule has 0 spiro atoms. The Kier molecular flexibility index (Phi) is 6.67. The molecule has 3 aromatic rings. The lowest BCUT2D eigenvalue weighted by Crippen LogP contribution is -2.17. The van der Waals surface area contributed by atoms with Gasteiger partial charge in [0, 0.05) is 23.4 Å². The van der Waals surface area contributed by atoms with Crippen LogP contribution in [-0.4, -0.2) is 32.3 Å². The number of halogens is 1. The minimum absolute atomic E-state index is 0.0909. The van der Waals surface area contributed by atoms with E-state index in [0.717, 1.165) is 5.69 Å². The monoisotopic (exact) mass is 415 g/mol. The predicted octanol–water partition coefficient (Wildman–Crippen LogP) is 3.38. The number of thioether (sulfide) groups is 1. The van der Waals surface area contributed by atoms with Crippen molar-refractivity contribution in [2.24, 2.45) is 7.05 Å². The molecule has 144 valence electrons. The van der Waals surface area contributed by atoms with Crippen LogP contribution in [0.1, 0.15) is 5.82 Å². The number of rotatable bonds is 7. The highest BCUT2D eigenvalue weighted by Crippen LogP contribution is 2.18. The van der Waals surface area contributed by atoms with Crippen molar-refractivity contribution in [1.29, 1.82) is 0 Å². The van der Waals surface area contributed by atoms with Gasteiger partial charge in [0.05, 0.1) is 12.2 Å². The van der Waals surface area contributed by atoms with E-state index in [1.165, 1.54) is 11.8 Å². The number of carbonyl (C=O) groups is 2. The van der Waals surface area contributed by atoms with Gasteiger partial charge in [-0.15, -0.1) is 10.2 Å². The molecule has 0 unspecified atom stereocenters. The molecule has 0 bridgehead atoms. The third-order valence-corrected chi connectivity index (χ3v) is 5.00. The number of benzene rings is 2. The molecule has 0 fully saturated rings. The molecule has 3 rings (SSSR count). The highest BCUT2D eigenvalue weighted by molar-refractivity contribution is 7.99.